The number of aromatic amines is 1. The van der Waals surface area contributed by atoms with E-state index in [2.05, 4.69) is 9.97 Å². The molecule has 23 heavy (non-hydrogen) atoms. The van der Waals surface area contributed by atoms with Gasteiger partial charge in [-0.05, 0) is 36.5 Å². The molecule has 0 radical (unpaired) electrons. The molecule has 1 saturated carbocycles. The smallest absolute Gasteiger partial charge is 0.273 e. The summed E-state index contributed by atoms with van der Waals surface area (Å²) in [7, 11) is 0. The maximum absolute atomic E-state index is 12.4. The second-order valence-electron chi connectivity index (χ2n) is 5.56. The largest absolute Gasteiger partial charge is 0.334 e. The second kappa shape index (κ2) is 5.22. The van der Waals surface area contributed by atoms with Crippen molar-refractivity contribution in [2.45, 2.75) is 18.8 Å². The van der Waals surface area contributed by atoms with E-state index in [1.165, 1.54) is 10.6 Å². The third-order valence-corrected chi connectivity index (χ3v) is 4.66. The summed E-state index contributed by atoms with van der Waals surface area (Å²) in [4.78, 5) is 31.0. The summed E-state index contributed by atoms with van der Waals surface area (Å²) in [6.45, 7) is 0. The summed E-state index contributed by atoms with van der Waals surface area (Å²) in [5.74, 6) is 0.433. The lowest BCUT2D eigenvalue weighted by atomic mass is 10.1. The van der Waals surface area contributed by atoms with Gasteiger partial charge in [0, 0.05) is 0 Å². The lowest BCUT2D eigenvalue weighted by molar-refractivity contribution is 0.905. The van der Waals surface area contributed by atoms with Crippen LogP contribution < -0.4 is 11.2 Å². The lowest BCUT2D eigenvalue weighted by Gasteiger charge is -2.13. The Morgan fingerprint density at radius 2 is 1.91 bits per heavy atom. The van der Waals surface area contributed by atoms with Gasteiger partial charge in [0.25, 0.3) is 5.56 Å². The van der Waals surface area contributed by atoms with Crippen LogP contribution in [0.3, 0.4) is 0 Å². The maximum Gasteiger partial charge on any atom is 0.334 e. The van der Waals surface area contributed by atoms with Crippen molar-refractivity contribution in [3.63, 3.8) is 0 Å². The number of benzene rings is 1. The van der Waals surface area contributed by atoms with Crippen molar-refractivity contribution in [2.24, 2.45) is 0 Å². The minimum atomic E-state index is -0.540. The highest BCUT2D eigenvalue weighted by Crippen LogP contribution is 2.42. The standard InChI is InChI=1S/C16H11Cl2N3O2/c17-11-7-10-14(19-13(11)18)21(16(23)20-15(10)22)12-4-2-1-3-9(12)8-5-6-8/h1-4,7-8H,5-6H2,(H,20,22,23). The quantitative estimate of drug-likeness (QED) is 0.723. The van der Waals surface area contributed by atoms with Crippen LogP contribution in [0.2, 0.25) is 10.2 Å². The Morgan fingerprint density at radius 1 is 1.17 bits per heavy atom. The molecule has 0 saturated heterocycles. The fourth-order valence-electron chi connectivity index (χ4n) is 2.77. The molecule has 0 aliphatic heterocycles. The Kier molecular flexibility index (Phi) is 3.28. The molecule has 0 bridgehead atoms. The van der Waals surface area contributed by atoms with Crippen molar-refractivity contribution in [1.82, 2.24) is 14.5 Å². The van der Waals surface area contributed by atoms with E-state index in [1.807, 2.05) is 24.3 Å². The molecule has 1 N–H and O–H groups in total. The van der Waals surface area contributed by atoms with Crippen LogP contribution in [0, 0.1) is 0 Å². The average molecular weight is 348 g/mol. The van der Waals surface area contributed by atoms with Gasteiger partial charge >= 0.3 is 5.69 Å². The van der Waals surface area contributed by atoms with Gasteiger partial charge in [0.05, 0.1) is 16.1 Å². The van der Waals surface area contributed by atoms with Crippen LogP contribution in [0.1, 0.15) is 24.3 Å². The number of rotatable bonds is 2. The van der Waals surface area contributed by atoms with E-state index in [0.29, 0.717) is 11.6 Å². The van der Waals surface area contributed by atoms with E-state index in [4.69, 9.17) is 23.2 Å². The summed E-state index contributed by atoms with van der Waals surface area (Å²) >= 11 is 12.0. The van der Waals surface area contributed by atoms with Gasteiger partial charge in [-0.2, -0.15) is 0 Å². The molecule has 7 heteroatoms. The Hall–Kier alpha value is -2.11. The van der Waals surface area contributed by atoms with Crippen molar-refractivity contribution in [2.75, 3.05) is 0 Å². The number of para-hydroxylation sites is 1. The first kappa shape index (κ1) is 14.5. The fraction of sp³-hybridized carbons (Fsp3) is 0.188. The van der Waals surface area contributed by atoms with Crippen molar-refractivity contribution in [1.29, 1.82) is 0 Å². The van der Waals surface area contributed by atoms with Crippen molar-refractivity contribution in [3.8, 4) is 5.69 Å². The normalized spacial score (nSPS) is 14.3. The first-order valence-corrected chi connectivity index (χ1v) is 7.92. The topological polar surface area (TPSA) is 67.8 Å². The van der Waals surface area contributed by atoms with Crippen LogP contribution in [-0.2, 0) is 0 Å². The van der Waals surface area contributed by atoms with Crippen LogP contribution in [0.25, 0.3) is 16.7 Å². The van der Waals surface area contributed by atoms with Crippen LogP contribution in [0.15, 0.2) is 39.9 Å². The summed E-state index contributed by atoms with van der Waals surface area (Å²) in [6, 6.07) is 9.06. The minimum Gasteiger partial charge on any atom is -0.273 e. The summed E-state index contributed by atoms with van der Waals surface area (Å²) < 4.78 is 1.40. The number of aromatic nitrogens is 3. The number of H-pyrrole nitrogens is 1. The van der Waals surface area contributed by atoms with Crippen molar-refractivity contribution in [3.05, 3.63) is 66.9 Å². The molecule has 0 spiro atoms. The molecule has 3 aromatic rings. The van der Waals surface area contributed by atoms with E-state index < -0.39 is 11.2 Å². The molecule has 1 aromatic carbocycles. The van der Waals surface area contributed by atoms with Crippen LogP contribution in [0.4, 0.5) is 0 Å². The zero-order chi connectivity index (χ0) is 16.1. The molecule has 1 fully saturated rings. The van der Waals surface area contributed by atoms with Gasteiger partial charge in [0.2, 0.25) is 0 Å². The number of hydrogen-bond donors (Lipinski definition) is 1. The van der Waals surface area contributed by atoms with Gasteiger partial charge in [0.1, 0.15) is 5.15 Å². The minimum absolute atomic E-state index is 0.0572. The van der Waals surface area contributed by atoms with Crippen molar-refractivity contribution >= 4 is 34.2 Å². The Balaban J connectivity index is 2.14. The molecule has 4 rings (SSSR count). The zero-order valence-electron chi connectivity index (χ0n) is 11.8. The summed E-state index contributed by atoms with van der Waals surface area (Å²) in [6.07, 6.45) is 2.18. The third kappa shape index (κ3) is 2.36. The Bertz CT molecular complexity index is 1050. The number of fused-ring (bicyclic) bond motifs is 1. The predicted molar refractivity (Wildman–Crippen MR) is 90.0 cm³/mol. The average Bonchev–Trinajstić information content (AvgIpc) is 3.35. The molecule has 2 heterocycles. The highest BCUT2D eigenvalue weighted by molar-refractivity contribution is 6.41. The predicted octanol–water partition coefficient (Wildman–Crippen LogP) is 3.26. The zero-order valence-corrected chi connectivity index (χ0v) is 13.4. The number of hydrogen-bond acceptors (Lipinski definition) is 3. The van der Waals surface area contributed by atoms with Gasteiger partial charge in [-0.1, -0.05) is 41.4 Å². The molecule has 0 atom stereocenters. The molecule has 5 nitrogen and oxygen atoms in total. The first-order valence-electron chi connectivity index (χ1n) is 7.16. The van der Waals surface area contributed by atoms with Crippen LogP contribution >= 0.6 is 23.2 Å². The highest BCUT2D eigenvalue weighted by Gasteiger charge is 2.27. The second-order valence-corrected chi connectivity index (χ2v) is 6.33. The fourth-order valence-corrected chi connectivity index (χ4v) is 3.05. The molecule has 116 valence electrons. The highest BCUT2D eigenvalue weighted by atomic mass is 35.5. The number of nitrogens with one attached hydrogen (secondary N) is 1. The molecule has 1 aliphatic rings. The summed E-state index contributed by atoms with van der Waals surface area (Å²) in [5, 5.41) is 0.455. The van der Waals surface area contributed by atoms with E-state index in [9.17, 15) is 9.59 Å². The SMILES string of the molecule is O=c1[nH]c(=O)n(-c2ccccc2C2CC2)c2nc(Cl)c(Cl)cc12. The molecule has 2 aromatic heterocycles. The van der Waals surface area contributed by atoms with Crippen molar-refractivity contribution < 1.29 is 0 Å². The lowest BCUT2D eigenvalue weighted by Crippen LogP contribution is -2.30. The maximum atomic E-state index is 12.4. The summed E-state index contributed by atoms with van der Waals surface area (Å²) in [5.41, 5.74) is 0.918. The van der Waals surface area contributed by atoms with Gasteiger partial charge < -0.3 is 0 Å². The van der Waals surface area contributed by atoms with Gasteiger partial charge in [-0.25, -0.2) is 14.3 Å². The third-order valence-electron chi connectivity index (χ3n) is 3.99. The number of halogens is 2. The van der Waals surface area contributed by atoms with Crippen LogP contribution in [-0.4, -0.2) is 14.5 Å². The van der Waals surface area contributed by atoms with Gasteiger partial charge in [-0.15, -0.1) is 0 Å². The van der Waals surface area contributed by atoms with Gasteiger partial charge in [-0.3, -0.25) is 9.78 Å². The van der Waals surface area contributed by atoms with Crippen LogP contribution in [0.5, 0.6) is 0 Å². The molecular formula is C16H11Cl2N3O2. The van der Waals surface area contributed by atoms with E-state index >= 15 is 0 Å². The van der Waals surface area contributed by atoms with Gasteiger partial charge in [0.15, 0.2) is 5.65 Å². The van der Waals surface area contributed by atoms with E-state index in [0.717, 1.165) is 18.4 Å². The molecule has 0 amide bonds. The molecule has 0 unspecified atom stereocenters. The number of nitrogens with zero attached hydrogens (tertiary/aromatic N) is 2. The first-order chi connectivity index (χ1) is 11.1. The monoisotopic (exact) mass is 347 g/mol. The molecular weight excluding hydrogens is 337 g/mol. The van der Waals surface area contributed by atoms with E-state index in [-0.39, 0.29) is 21.2 Å². The Labute approximate surface area is 140 Å². The molecule has 1 aliphatic carbocycles. The van der Waals surface area contributed by atoms with E-state index in [1.54, 1.807) is 0 Å². The number of pyridine rings is 1. The Morgan fingerprint density at radius 3 is 2.65 bits per heavy atom.